The van der Waals surface area contributed by atoms with Crippen molar-refractivity contribution in [2.45, 2.75) is 64.1 Å². The van der Waals surface area contributed by atoms with Gasteiger partial charge in [-0.05, 0) is 55.6 Å². The van der Waals surface area contributed by atoms with Gasteiger partial charge < -0.3 is 9.47 Å². The number of hydrogen-bond donors (Lipinski definition) is 0. The van der Waals surface area contributed by atoms with Gasteiger partial charge in [0.1, 0.15) is 0 Å². The topological polar surface area (TPSA) is 18.5 Å². The minimum absolute atomic E-state index is 0.0460. The van der Waals surface area contributed by atoms with Crippen molar-refractivity contribution in [2.24, 2.45) is 5.92 Å². The predicted octanol–water partition coefficient (Wildman–Crippen LogP) is 7.44. The van der Waals surface area contributed by atoms with E-state index in [-0.39, 0.29) is 17.4 Å². The molecule has 0 atom stereocenters. The molecule has 1 aliphatic heterocycles. The van der Waals surface area contributed by atoms with E-state index in [0.29, 0.717) is 11.8 Å². The van der Waals surface area contributed by atoms with E-state index in [4.69, 9.17) is 9.47 Å². The maximum absolute atomic E-state index is 14.8. The van der Waals surface area contributed by atoms with Crippen molar-refractivity contribution in [2.75, 3.05) is 13.2 Å². The highest BCUT2D eigenvalue weighted by Crippen LogP contribution is 2.39. The first-order valence-electron chi connectivity index (χ1n) is 11.6. The molecule has 0 aromatic heterocycles. The lowest BCUT2D eigenvalue weighted by Gasteiger charge is -2.35. The van der Waals surface area contributed by atoms with Crippen LogP contribution in [0.1, 0.15) is 73.6 Å². The SMILES string of the molecule is CCCc1ccc(C(F)=C(F)c2ccc(C3CCC(C4OCCCO4)CC3)cc2)cc1. The average Bonchev–Trinajstić information content (AvgIpc) is 2.85. The van der Waals surface area contributed by atoms with Crippen LogP contribution in [0.2, 0.25) is 0 Å². The molecule has 166 valence electrons. The van der Waals surface area contributed by atoms with Crippen LogP contribution in [-0.2, 0) is 15.9 Å². The molecule has 4 heteroatoms. The van der Waals surface area contributed by atoms with E-state index in [1.165, 1.54) is 5.56 Å². The summed E-state index contributed by atoms with van der Waals surface area (Å²) >= 11 is 0. The number of halogens is 2. The number of aryl methyl sites for hydroxylation is 1. The van der Waals surface area contributed by atoms with Gasteiger partial charge in [-0.15, -0.1) is 0 Å². The van der Waals surface area contributed by atoms with E-state index in [9.17, 15) is 8.78 Å². The van der Waals surface area contributed by atoms with Crippen LogP contribution in [0.25, 0.3) is 11.7 Å². The fourth-order valence-electron chi connectivity index (χ4n) is 4.76. The molecule has 2 fully saturated rings. The average molecular weight is 427 g/mol. The van der Waals surface area contributed by atoms with Crippen LogP contribution in [-0.4, -0.2) is 19.5 Å². The molecule has 2 aromatic carbocycles. The summed E-state index contributed by atoms with van der Waals surface area (Å²) in [6, 6.07) is 14.4. The van der Waals surface area contributed by atoms with Crippen molar-refractivity contribution in [3.63, 3.8) is 0 Å². The van der Waals surface area contributed by atoms with Gasteiger partial charge in [0.2, 0.25) is 0 Å². The molecule has 2 aromatic rings. The van der Waals surface area contributed by atoms with Gasteiger partial charge in [0.25, 0.3) is 0 Å². The fraction of sp³-hybridized carbons (Fsp3) is 0.481. The van der Waals surface area contributed by atoms with Crippen LogP contribution in [0, 0.1) is 5.92 Å². The first kappa shape index (κ1) is 22.2. The third-order valence-corrected chi connectivity index (χ3v) is 6.58. The summed E-state index contributed by atoms with van der Waals surface area (Å²) in [6.07, 6.45) is 7.21. The van der Waals surface area contributed by atoms with E-state index in [0.717, 1.165) is 63.7 Å². The van der Waals surface area contributed by atoms with Gasteiger partial charge in [-0.1, -0.05) is 61.9 Å². The largest absolute Gasteiger partial charge is 0.352 e. The van der Waals surface area contributed by atoms with Gasteiger partial charge in [0, 0.05) is 17.0 Å². The lowest BCUT2D eigenvalue weighted by atomic mass is 9.78. The van der Waals surface area contributed by atoms with Gasteiger partial charge in [0.15, 0.2) is 17.9 Å². The van der Waals surface area contributed by atoms with Crippen molar-refractivity contribution >= 4 is 11.7 Å². The Morgan fingerprint density at radius 3 is 1.90 bits per heavy atom. The minimum atomic E-state index is -0.802. The summed E-state index contributed by atoms with van der Waals surface area (Å²) in [5.74, 6) is -0.681. The maximum Gasteiger partial charge on any atom is 0.166 e. The molecule has 0 radical (unpaired) electrons. The van der Waals surface area contributed by atoms with Crippen molar-refractivity contribution in [3.8, 4) is 0 Å². The summed E-state index contributed by atoms with van der Waals surface area (Å²) in [6.45, 7) is 3.69. The first-order valence-corrected chi connectivity index (χ1v) is 11.6. The number of benzene rings is 2. The van der Waals surface area contributed by atoms with Crippen LogP contribution in [0.3, 0.4) is 0 Å². The monoisotopic (exact) mass is 426 g/mol. The summed E-state index contributed by atoms with van der Waals surface area (Å²) in [7, 11) is 0. The van der Waals surface area contributed by atoms with E-state index in [1.807, 2.05) is 24.3 Å². The quantitative estimate of drug-likeness (QED) is 0.447. The Balaban J connectivity index is 1.39. The van der Waals surface area contributed by atoms with Crippen LogP contribution in [0.4, 0.5) is 8.78 Å². The predicted molar refractivity (Wildman–Crippen MR) is 121 cm³/mol. The second-order valence-corrected chi connectivity index (χ2v) is 8.77. The van der Waals surface area contributed by atoms with Crippen molar-refractivity contribution in [3.05, 3.63) is 70.8 Å². The molecule has 1 saturated carbocycles. The minimum Gasteiger partial charge on any atom is -0.352 e. The Kier molecular flexibility index (Phi) is 7.52. The smallest absolute Gasteiger partial charge is 0.166 e. The Bertz CT molecular complexity index is 859. The molecule has 2 nitrogen and oxygen atoms in total. The maximum atomic E-state index is 14.8. The molecule has 0 unspecified atom stereocenters. The molecular weight excluding hydrogens is 394 g/mol. The van der Waals surface area contributed by atoms with E-state index >= 15 is 0 Å². The van der Waals surface area contributed by atoms with E-state index in [1.54, 1.807) is 24.3 Å². The lowest BCUT2D eigenvalue weighted by Crippen LogP contribution is -2.34. The third-order valence-electron chi connectivity index (χ3n) is 6.58. The lowest BCUT2D eigenvalue weighted by molar-refractivity contribution is -0.209. The summed E-state index contributed by atoms with van der Waals surface area (Å²) in [4.78, 5) is 0. The Hall–Kier alpha value is -2.04. The molecular formula is C27H32F2O2. The zero-order valence-corrected chi connectivity index (χ0v) is 18.3. The molecule has 4 rings (SSSR count). The van der Waals surface area contributed by atoms with Crippen LogP contribution in [0.5, 0.6) is 0 Å². The standard InChI is InChI=1S/C27H32F2O2/c1-2-4-19-5-7-22(8-6-19)25(28)26(29)23-13-9-20(10-14-23)21-11-15-24(16-12-21)27-30-17-3-18-31-27/h5-10,13-14,21,24,27H,2-4,11-12,15-18H2,1H3. The summed E-state index contributed by atoms with van der Waals surface area (Å²) < 4.78 is 41.0. The van der Waals surface area contributed by atoms with E-state index in [2.05, 4.69) is 6.92 Å². The summed E-state index contributed by atoms with van der Waals surface area (Å²) in [5, 5.41) is 0. The number of hydrogen-bond acceptors (Lipinski definition) is 2. The molecule has 0 bridgehead atoms. The zero-order chi connectivity index (χ0) is 21.6. The molecule has 1 aliphatic carbocycles. The van der Waals surface area contributed by atoms with Crippen molar-refractivity contribution in [1.82, 2.24) is 0 Å². The Labute approximate surface area is 184 Å². The zero-order valence-electron chi connectivity index (χ0n) is 18.3. The molecule has 0 amide bonds. The van der Waals surface area contributed by atoms with Crippen molar-refractivity contribution < 1.29 is 18.3 Å². The number of rotatable bonds is 6. The number of ether oxygens (including phenoxy) is 2. The molecule has 0 spiro atoms. The molecule has 2 aliphatic rings. The highest BCUT2D eigenvalue weighted by atomic mass is 19.2. The Morgan fingerprint density at radius 2 is 1.35 bits per heavy atom. The summed E-state index contributed by atoms with van der Waals surface area (Å²) in [5.41, 5.74) is 2.91. The molecule has 1 heterocycles. The van der Waals surface area contributed by atoms with Crippen LogP contribution >= 0.6 is 0 Å². The van der Waals surface area contributed by atoms with Gasteiger partial charge in [-0.2, -0.15) is 0 Å². The Morgan fingerprint density at radius 1 is 0.806 bits per heavy atom. The molecule has 31 heavy (non-hydrogen) atoms. The van der Waals surface area contributed by atoms with Gasteiger partial charge in [0.05, 0.1) is 13.2 Å². The van der Waals surface area contributed by atoms with Gasteiger partial charge in [-0.25, -0.2) is 8.78 Å². The molecule has 0 N–H and O–H groups in total. The van der Waals surface area contributed by atoms with Crippen molar-refractivity contribution in [1.29, 1.82) is 0 Å². The first-order chi connectivity index (χ1) is 15.2. The normalized spacial score (nSPS) is 23.5. The van der Waals surface area contributed by atoms with E-state index < -0.39 is 11.7 Å². The second kappa shape index (κ2) is 10.5. The second-order valence-electron chi connectivity index (χ2n) is 8.77. The van der Waals surface area contributed by atoms with Crippen LogP contribution in [0.15, 0.2) is 48.5 Å². The highest BCUT2D eigenvalue weighted by molar-refractivity contribution is 5.83. The fourth-order valence-corrected chi connectivity index (χ4v) is 4.76. The molecule has 1 saturated heterocycles. The van der Waals surface area contributed by atoms with Gasteiger partial charge >= 0.3 is 0 Å². The van der Waals surface area contributed by atoms with Gasteiger partial charge in [-0.3, -0.25) is 0 Å². The third kappa shape index (κ3) is 5.42. The van der Waals surface area contributed by atoms with Crippen LogP contribution < -0.4 is 0 Å². The highest BCUT2D eigenvalue weighted by Gasteiger charge is 2.30.